The molecule has 0 atom stereocenters. The molecule has 1 aliphatic rings. The Morgan fingerprint density at radius 1 is 1.40 bits per heavy atom. The van der Waals surface area contributed by atoms with Crippen molar-refractivity contribution in [3.05, 3.63) is 33.9 Å². The number of hydrogen-bond donors (Lipinski definition) is 1. The molecule has 0 radical (unpaired) electrons. The summed E-state index contributed by atoms with van der Waals surface area (Å²) in [5.74, 6) is 0.508. The summed E-state index contributed by atoms with van der Waals surface area (Å²) < 4.78 is 10.5. The Morgan fingerprint density at radius 2 is 2.10 bits per heavy atom. The lowest BCUT2D eigenvalue weighted by Gasteiger charge is -2.36. The summed E-state index contributed by atoms with van der Waals surface area (Å²) in [5, 5.41) is 11.0. The van der Waals surface area contributed by atoms with Gasteiger partial charge in [0.05, 0.1) is 18.1 Å². The SMILES string of the molecule is COc1cc(CC2(CN)CCOCC2)cc([N+](=O)[O-])c1. The van der Waals surface area contributed by atoms with Crippen molar-refractivity contribution >= 4 is 5.69 Å². The van der Waals surface area contributed by atoms with E-state index in [2.05, 4.69) is 0 Å². The normalized spacial score (nSPS) is 17.7. The zero-order valence-corrected chi connectivity index (χ0v) is 11.6. The Labute approximate surface area is 118 Å². The van der Waals surface area contributed by atoms with Crippen LogP contribution in [0.2, 0.25) is 0 Å². The summed E-state index contributed by atoms with van der Waals surface area (Å²) >= 11 is 0. The predicted molar refractivity (Wildman–Crippen MR) is 74.9 cm³/mol. The maximum Gasteiger partial charge on any atom is 0.273 e. The van der Waals surface area contributed by atoms with E-state index in [-0.39, 0.29) is 11.1 Å². The van der Waals surface area contributed by atoms with Crippen molar-refractivity contribution in [1.29, 1.82) is 0 Å². The number of nitrogens with zero attached hydrogens (tertiary/aromatic N) is 1. The fraction of sp³-hybridized carbons (Fsp3) is 0.571. The van der Waals surface area contributed by atoms with E-state index in [1.165, 1.54) is 13.2 Å². The highest BCUT2D eigenvalue weighted by Gasteiger charge is 2.32. The van der Waals surface area contributed by atoms with Gasteiger partial charge in [-0.3, -0.25) is 10.1 Å². The molecule has 1 saturated heterocycles. The van der Waals surface area contributed by atoms with E-state index < -0.39 is 4.92 Å². The molecular weight excluding hydrogens is 260 g/mol. The van der Waals surface area contributed by atoms with Crippen LogP contribution in [0.1, 0.15) is 18.4 Å². The summed E-state index contributed by atoms with van der Waals surface area (Å²) in [7, 11) is 1.51. The van der Waals surface area contributed by atoms with Crippen molar-refractivity contribution in [2.45, 2.75) is 19.3 Å². The van der Waals surface area contributed by atoms with Crippen LogP contribution in [0.25, 0.3) is 0 Å². The van der Waals surface area contributed by atoms with Crippen molar-refractivity contribution in [2.24, 2.45) is 11.1 Å². The zero-order valence-electron chi connectivity index (χ0n) is 11.6. The van der Waals surface area contributed by atoms with Crippen LogP contribution >= 0.6 is 0 Å². The molecule has 0 spiro atoms. The Morgan fingerprint density at radius 3 is 2.65 bits per heavy atom. The first-order valence-corrected chi connectivity index (χ1v) is 6.69. The molecule has 0 aromatic heterocycles. The van der Waals surface area contributed by atoms with E-state index in [1.54, 1.807) is 6.07 Å². The van der Waals surface area contributed by atoms with Crippen LogP contribution in [0, 0.1) is 15.5 Å². The Bertz CT molecular complexity index is 484. The minimum Gasteiger partial charge on any atom is -0.496 e. The minimum absolute atomic E-state index is 0.0293. The second-order valence-corrected chi connectivity index (χ2v) is 5.29. The van der Waals surface area contributed by atoms with E-state index in [0.29, 0.717) is 31.9 Å². The van der Waals surface area contributed by atoms with Crippen LogP contribution in [-0.2, 0) is 11.2 Å². The molecular formula is C14H20N2O4. The monoisotopic (exact) mass is 280 g/mol. The molecule has 1 heterocycles. The summed E-state index contributed by atoms with van der Waals surface area (Å²) in [6.07, 6.45) is 2.48. The third kappa shape index (κ3) is 3.26. The Hall–Kier alpha value is -1.66. The minimum atomic E-state index is -0.398. The van der Waals surface area contributed by atoms with E-state index >= 15 is 0 Å². The van der Waals surface area contributed by atoms with Crippen LogP contribution in [0.3, 0.4) is 0 Å². The van der Waals surface area contributed by atoms with Crippen LogP contribution < -0.4 is 10.5 Å². The Balaban J connectivity index is 2.27. The summed E-state index contributed by atoms with van der Waals surface area (Å²) in [4.78, 5) is 10.6. The average Bonchev–Trinajstić information content (AvgIpc) is 2.47. The standard InChI is InChI=1S/C14H20N2O4/c1-19-13-7-11(6-12(8-13)16(17)18)9-14(10-15)2-4-20-5-3-14/h6-8H,2-5,9-10,15H2,1H3. The first-order valence-electron chi connectivity index (χ1n) is 6.69. The van der Waals surface area contributed by atoms with E-state index in [4.69, 9.17) is 15.2 Å². The molecule has 0 amide bonds. The summed E-state index contributed by atoms with van der Waals surface area (Å²) in [5.41, 5.74) is 6.85. The third-order valence-electron chi connectivity index (χ3n) is 3.96. The fourth-order valence-corrected chi connectivity index (χ4v) is 2.66. The third-order valence-corrected chi connectivity index (χ3v) is 3.96. The molecule has 1 fully saturated rings. The molecule has 1 aliphatic heterocycles. The van der Waals surface area contributed by atoms with Crippen molar-refractivity contribution in [1.82, 2.24) is 0 Å². The van der Waals surface area contributed by atoms with Gasteiger partial charge in [0.1, 0.15) is 5.75 Å². The van der Waals surface area contributed by atoms with Crippen LogP contribution in [-0.4, -0.2) is 31.8 Å². The second kappa shape index (κ2) is 6.19. The number of hydrogen-bond acceptors (Lipinski definition) is 5. The highest BCUT2D eigenvalue weighted by molar-refractivity contribution is 5.43. The maximum atomic E-state index is 11.0. The van der Waals surface area contributed by atoms with Crippen LogP contribution in [0.15, 0.2) is 18.2 Å². The van der Waals surface area contributed by atoms with Gasteiger partial charge >= 0.3 is 0 Å². The average molecular weight is 280 g/mol. The number of nitro benzene ring substituents is 1. The zero-order chi connectivity index (χ0) is 14.6. The van der Waals surface area contributed by atoms with Crippen molar-refractivity contribution < 1.29 is 14.4 Å². The molecule has 0 aliphatic carbocycles. The van der Waals surface area contributed by atoms with Crippen LogP contribution in [0.5, 0.6) is 5.75 Å². The lowest BCUT2D eigenvalue weighted by Crippen LogP contribution is -2.38. The van der Waals surface area contributed by atoms with Gasteiger partial charge in [-0.05, 0) is 42.9 Å². The molecule has 1 aromatic carbocycles. The largest absolute Gasteiger partial charge is 0.496 e. The number of nitro groups is 1. The number of benzene rings is 1. The topological polar surface area (TPSA) is 87.6 Å². The molecule has 2 rings (SSSR count). The van der Waals surface area contributed by atoms with Gasteiger partial charge in [0.2, 0.25) is 0 Å². The summed E-state index contributed by atoms with van der Waals surface area (Å²) in [6, 6.07) is 4.89. The lowest BCUT2D eigenvalue weighted by atomic mass is 9.75. The highest BCUT2D eigenvalue weighted by Crippen LogP contribution is 2.35. The van der Waals surface area contributed by atoms with Crippen LogP contribution in [0.4, 0.5) is 5.69 Å². The molecule has 6 nitrogen and oxygen atoms in total. The van der Waals surface area contributed by atoms with Gasteiger partial charge in [-0.15, -0.1) is 0 Å². The number of nitrogens with two attached hydrogens (primary N) is 1. The number of non-ortho nitro benzene ring substituents is 1. The van der Waals surface area contributed by atoms with Crippen molar-refractivity contribution in [3.8, 4) is 5.75 Å². The molecule has 0 unspecified atom stereocenters. The van der Waals surface area contributed by atoms with Gasteiger partial charge in [-0.25, -0.2) is 0 Å². The quantitative estimate of drug-likeness (QED) is 0.657. The van der Waals surface area contributed by atoms with Gasteiger partial charge in [0.15, 0.2) is 0 Å². The number of methoxy groups -OCH3 is 1. The smallest absolute Gasteiger partial charge is 0.273 e. The molecule has 2 N–H and O–H groups in total. The highest BCUT2D eigenvalue weighted by atomic mass is 16.6. The first-order chi connectivity index (χ1) is 9.58. The van der Waals surface area contributed by atoms with Crippen molar-refractivity contribution in [2.75, 3.05) is 26.9 Å². The first kappa shape index (κ1) is 14.7. The Kier molecular flexibility index (Phi) is 4.57. The van der Waals surface area contributed by atoms with Crippen molar-refractivity contribution in [3.63, 3.8) is 0 Å². The molecule has 1 aromatic rings. The molecule has 0 bridgehead atoms. The molecule has 6 heteroatoms. The second-order valence-electron chi connectivity index (χ2n) is 5.29. The number of ether oxygens (including phenoxy) is 2. The predicted octanol–water partition coefficient (Wildman–Crippen LogP) is 1.90. The van der Waals surface area contributed by atoms with E-state index in [9.17, 15) is 10.1 Å². The van der Waals surface area contributed by atoms with Gasteiger partial charge in [0.25, 0.3) is 5.69 Å². The maximum absolute atomic E-state index is 11.0. The fourth-order valence-electron chi connectivity index (χ4n) is 2.66. The summed E-state index contributed by atoms with van der Waals surface area (Å²) in [6.45, 7) is 1.95. The lowest BCUT2D eigenvalue weighted by molar-refractivity contribution is -0.385. The molecule has 0 saturated carbocycles. The van der Waals surface area contributed by atoms with E-state index in [0.717, 1.165) is 18.4 Å². The van der Waals surface area contributed by atoms with Gasteiger partial charge in [-0.1, -0.05) is 0 Å². The van der Waals surface area contributed by atoms with Gasteiger partial charge in [-0.2, -0.15) is 0 Å². The van der Waals surface area contributed by atoms with Gasteiger partial charge < -0.3 is 15.2 Å². The molecule has 110 valence electrons. The van der Waals surface area contributed by atoms with Gasteiger partial charge in [0, 0.05) is 19.3 Å². The molecule has 20 heavy (non-hydrogen) atoms. The number of rotatable bonds is 5. The van der Waals surface area contributed by atoms with E-state index in [1.807, 2.05) is 6.07 Å².